The summed E-state index contributed by atoms with van der Waals surface area (Å²) >= 11 is 0. The van der Waals surface area contributed by atoms with Crippen molar-refractivity contribution in [2.75, 3.05) is 0 Å². The van der Waals surface area contributed by atoms with Gasteiger partial charge in [0.05, 0.1) is 6.04 Å². The molecule has 2 rings (SSSR count). The second-order valence-corrected chi connectivity index (χ2v) is 4.10. The molecule has 0 heterocycles. The van der Waals surface area contributed by atoms with Crippen LogP contribution in [0.1, 0.15) is 31.2 Å². The summed E-state index contributed by atoms with van der Waals surface area (Å²) in [5, 5.41) is 3.87. The van der Waals surface area contributed by atoms with Gasteiger partial charge in [-0.25, -0.2) is 0 Å². The van der Waals surface area contributed by atoms with Crippen LogP contribution in [0.15, 0.2) is 41.0 Å². The Labute approximate surface area is 95.4 Å². The van der Waals surface area contributed by atoms with Gasteiger partial charge in [0, 0.05) is 4.91 Å². The SMILES string of the molecule is [N-]=[N+]=NC1CCCCC1=Cc1ccccc1. The molecule has 1 saturated carbocycles. The predicted molar refractivity (Wildman–Crippen MR) is 65.8 cm³/mol. The number of azide groups is 1. The quantitative estimate of drug-likeness (QED) is 0.399. The van der Waals surface area contributed by atoms with Crippen molar-refractivity contribution in [3.05, 3.63) is 51.9 Å². The van der Waals surface area contributed by atoms with Gasteiger partial charge < -0.3 is 0 Å². The molecule has 0 aromatic heterocycles. The number of benzene rings is 1. The Balaban J connectivity index is 2.23. The maximum absolute atomic E-state index is 8.53. The van der Waals surface area contributed by atoms with Gasteiger partial charge in [-0.05, 0) is 30.4 Å². The van der Waals surface area contributed by atoms with Gasteiger partial charge in [0.15, 0.2) is 0 Å². The molecule has 1 atom stereocenters. The summed E-state index contributed by atoms with van der Waals surface area (Å²) in [6, 6.07) is 10.3. The van der Waals surface area contributed by atoms with Crippen molar-refractivity contribution >= 4 is 6.08 Å². The van der Waals surface area contributed by atoms with Crippen LogP contribution in [-0.4, -0.2) is 6.04 Å². The highest BCUT2D eigenvalue weighted by Gasteiger charge is 2.16. The zero-order valence-corrected chi connectivity index (χ0v) is 9.21. The van der Waals surface area contributed by atoms with Crippen molar-refractivity contribution in [1.82, 2.24) is 0 Å². The van der Waals surface area contributed by atoms with Crippen molar-refractivity contribution in [1.29, 1.82) is 0 Å². The third kappa shape index (κ3) is 2.65. The van der Waals surface area contributed by atoms with Crippen LogP contribution in [0.5, 0.6) is 0 Å². The second kappa shape index (κ2) is 5.38. The smallest absolute Gasteiger partial charge is 0.0588 e. The van der Waals surface area contributed by atoms with E-state index in [4.69, 9.17) is 5.53 Å². The van der Waals surface area contributed by atoms with Gasteiger partial charge in [-0.15, -0.1) is 0 Å². The van der Waals surface area contributed by atoms with E-state index in [1.807, 2.05) is 18.2 Å². The van der Waals surface area contributed by atoms with Crippen LogP contribution in [0.2, 0.25) is 0 Å². The molecular formula is C13H15N3. The van der Waals surface area contributed by atoms with Gasteiger partial charge in [0.2, 0.25) is 0 Å². The molecule has 3 nitrogen and oxygen atoms in total. The topological polar surface area (TPSA) is 48.8 Å². The number of nitrogens with zero attached hydrogens (tertiary/aromatic N) is 3. The van der Waals surface area contributed by atoms with E-state index in [2.05, 4.69) is 28.2 Å². The molecule has 1 fully saturated rings. The van der Waals surface area contributed by atoms with Crippen LogP contribution in [0, 0.1) is 0 Å². The summed E-state index contributed by atoms with van der Waals surface area (Å²) in [6.45, 7) is 0. The predicted octanol–water partition coefficient (Wildman–Crippen LogP) is 4.32. The molecule has 1 aliphatic rings. The van der Waals surface area contributed by atoms with E-state index in [0.29, 0.717) is 0 Å². The average molecular weight is 213 g/mol. The summed E-state index contributed by atoms with van der Waals surface area (Å²) in [4.78, 5) is 2.94. The molecular weight excluding hydrogens is 198 g/mol. The lowest BCUT2D eigenvalue weighted by Crippen LogP contribution is -2.12. The Hall–Kier alpha value is -1.73. The van der Waals surface area contributed by atoms with Crippen LogP contribution in [-0.2, 0) is 0 Å². The largest absolute Gasteiger partial charge is 0.0863 e. The lowest BCUT2D eigenvalue weighted by atomic mass is 9.89. The van der Waals surface area contributed by atoms with Crippen LogP contribution >= 0.6 is 0 Å². The van der Waals surface area contributed by atoms with E-state index in [1.54, 1.807) is 0 Å². The molecule has 1 aliphatic carbocycles. The summed E-state index contributed by atoms with van der Waals surface area (Å²) in [5.74, 6) is 0. The highest BCUT2D eigenvalue weighted by atomic mass is 15.1. The third-order valence-electron chi connectivity index (χ3n) is 2.96. The molecule has 1 unspecified atom stereocenters. The minimum absolute atomic E-state index is 0.0685. The van der Waals surface area contributed by atoms with Gasteiger partial charge in [-0.1, -0.05) is 53.5 Å². The highest BCUT2D eigenvalue weighted by Crippen LogP contribution is 2.28. The number of hydrogen-bond acceptors (Lipinski definition) is 1. The first-order valence-corrected chi connectivity index (χ1v) is 5.70. The Bertz CT molecular complexity index is 416. The molecule has 3 heteroatoms. The number of hydrogen-bond donors (Lipinski definition) is 0. The Kier molecular flexibility index (Phi) is 3.62. The van der Waals surface area contributed by atoms with Crippen molar-refractivity contribution in [3.63, 3.8) is 0 Å². The third-order valence-corrected chi connectivity index (χ3v) is 2.96. The van der Waals surface area contributed by atoms with Crippen LogP contribution < -0.4 is 0 Å². The van der Waals surface area contributed by atoms with Crippen molar-refractivity contribution in [2.45, 2.75) is 31.7 Å². The van der Waals surface area contributed by atoms with Crippen LogP contribution in [0.3, 0.4) is 0 Å². The van der Waals surface area contributed by atoms with Crippen molar-refractivity contribution < 1.29 is 0 Å². The van der Waals surface area contributed by atoms with E-state index in [1.165, 1.54) is 17.6 Å². The van der Waals surface area contributed by atoms with Crippen LogP contribution in [0.4, 0.5) is 0 Å². The molecule has 0 spiro atoms. The van der Waals surface area contributed by atoms with Gasteiger partial charge in [-0.3, -0.25) is 0 Å². The molecule has 0 radical (unpaired) electrons. The normalized spacial score (nSPS) is 22.8. The highest BCUT2D eigenvalue weighted by molar-refractivity contribution is 5.54. The minimum atomic E-state index is 0.0685. The monoisotopic (exact) mass is 213 g/mol. The second-order valence-electron chi connectivity index (χ2n) is 4.10. The lowest BCUT2D eigenvalue weighted by molar-refractivity contribution is 0.538. The Morgan fingerprint density at radius 2 is 2.06 bits per heavy atom. The van der Waals surface area contributed by atoms with E-state index in [0.717, 1.165) is 19.3 Å². The molecule has 1 aromatic carbocycles. The summed E-state index contributed by atoms with van der Waals surface area (Å²) in [7, 11) is 0. The average Bonchev–Trinajstić information content (AvgIpc) is 2.33. The summed E-state index contributed by atoms with van der Waals surface area (Å²) in [6.07, 6.45) is 6.58. The van der Waals surface area contributed by atoms with Gasteiger partial charge in [0.25, 0.3) is 0 Å². The Morgan fingerprint density at radius 3 is 2.81 bits per heavy atom. The van der Waals surface area contributed by atoms with E-state index in [9.17, 15) is 0 Å². The molecule has 0 saturated heterocycles. The first kappa shape index (κ1) is 10.8. The zero-order valence-electron chi connectivity index (χ0n) is 9.21. The lowest BCUT2D eigenvalue weighted by Gasteiger charge is -2.21. The first-order chi connectivity index (χ1) is 7.90. The summed E-state index contributed by atoms with van der Waals surface area (Å²) < 4.78 is 0. The van der Waals surface area contributed by atoms with Crippen LogP contribution in [0.25, 0.3) is 16.5 Å². The van der Waals surface area contributed by atoms with E-state index >= 15 is 0 Å². The van der Waals surface area contributed by atoms with Gasteiger partial charge >= 0.3 is 0 Å². The van der Waals surface area contributed by atoms with Gasteiger partial charge in [-0.2, -0.15) is 0 Å². The molecule has 1 aromatic rings. The maximum atomic E-state index is 8.53. The molecule has 0 amide bonds. The maximum Gasteiger partial charge on any atom is 0.0588 e. The molecule has 0 aliphatic heterocycles. The zero-order chi connectivity index (χ0) is 11.2. The van der Waals surface area contributed by atoms with Gasteiger partial charge in [0.1, 0.15) is 0 Å². The van der Waals surface area contributed by atoms with E-state index in [-0.39, 0.29) is 6.04 Å². The fourth-order valence-electron chi connectivity index (χ4n) is 2.14. The first-order valence-electron chi connectivity index (χ1n) is 5.70. The molecule has 82 valence electrons. The van der Waals surface area contributed by atoms with E-state index < -0.39 is 0 Å². The Morgan fingerprint density at radius 1 is 1.25 bits per heavy atom. The fraction of sp³-hybridized carbons (Fsp3) is 0.385. The molecule has 16 heavy (non-hydrogen) atoms. The number of rotatable bonds is 2. The molecule has 0 N–H and O–H groups in total. The molecule has 0 bridgehead atoms. The van der Waals surface area contributed by atoms with Crippen molar-refractivity contribution in [2.24, 2.45) is 5.11 Å². The fourth-order valence-corrected chi connectivity index (χ4v) is 2.14. The van der Waals surface area contributed by atoms with Crippen molar-refractivity contribution in [3.8, 4) is 0 Å². The summed E-state index contributed by atoms with van der Waals surface area (Å²) in [5.41, 5.74) is 11.0. The minimum Gasteiger partial charge on any atom is -0.0863 e. The standard InChI is InChI=1S/C13H15N3/c14-16-15-13-9-5-4-8-12(13)10-11-6-2-1-3-7-11/h1-3,6-7,10,13H,4-5,8-9H2.